The lowest BCUT2D eigenvalue weighted by molar-refractivity contribution is -0.139. The highest BCUT2D eigenvalue weighted by atomic mass is 16.3. The van der Waals surface area contributed by atoms with Crippen LogP contribution in [0.5, 0.6) is 0 Å². The molecule has 0 radical (unpaired) electrons. The number of aliphatic hydroxyl groups is 2. The summed E-state index contributed by atoms with van der Waals surface area (Å²) in [5, 5.41) is 25.3. The quantitative estimate of drug-likeness (QED) is 0.187. The number of carbonyl (C=O) groups is 2. The van der Waals surface area contributed by atoms with E-state index >= 15 is 0 Å². The van der Waals surface area contributed by atoms with E-state index in [1.807, 2.05) is 84.9 Å². The number of benzene rings is 4. The number of nitrogens with zero attached hydrogens (tertiary/aromatic N) is 3. The van der Waals surface area contributed by atoms with E-state index in [0.717, 1.165) is 16.6 Å². The second-order valence-corrected chi connectivity index (χ2v) is 11.6. The molecule has 2 atom stereocenters. The Morgan fingerprint density at radius 3 is 2.43 bits per heavy atom. The molecule has 4 aromatic carbocycles. The zero-order chi connectivity index (χ0) is 32.3. The van der Waals surface area contributed by atoms with Gasteiger partial charge in [0.15, 0.2) is 5.60 Å². The number of anilines is 1. The minimum Gasteiger partial charge on any atom is -0.395 e. The molecule has 234 valence electrons. The van der Waals surface area contributed by atoms with Crippen molar-refractivity contribution in [1.82, 2.24) is 14.7 Å². The lowest BCUT2D eigenvalue weighted by Crippen LogP contribution is -2.44. The number of para-hydroxylation sites is 2. The number of rotatable bonds is 11. The van der Waals surface area contributed by atoms with Gasteiger partial charge in [0.25, 0.3) is 11.5 Å². The van der Waals surface area contributed by atoms with Gasteiger partial charge in [-0.1, -0.05) is 91.9 Å². The SMILES string of the molecule is C[C@@H](/C=C/CC(=O)N(CCO)Cc1ccccc1)[C@]1(O)C(=O)N(Cc2cccc(-n3[nH]c4ccccc4c3=O)c2)c2ccccc21. The van der Waals surface area contributed by atoms with Crippen molar-refractivity contribution in [3.8, 4) is 5.69 Å². The maximum atomic E-state index is 14.0. The van der Waals surface area contributed by atoms with E-state index < -0.39 is 17.4 Å². The lowest BCUT2D eigenvalue weighted by atomic mass is 9.83. The molecule has 0 bridgehead atoms. The molecule has 46 heavy (non-hydrogen) atoms. The number of nitrogens with one attached hydrogen (secondary N) is 1. The maximum absolute atomic E-state index is 14.0. The summed E-state index contributed by atoms with van der Waals surface area (Å²) in [6.45, 7) is 2.38. The van der Waals surface area contributed by atoms with Gasteiger partial charge in [0.05, 0.1) is 35.4 Å². The second kappa shape index (κ2) is 13.0. The first-order valence-electron chi connectivity index (χ1n) is 15.3. The second-order valence-electron chi connectivity index (χ2n) is 11.6. The van der Waals surface area contributed by atoms with E-state index in [9.17, 15) is 24.6 Å². The summed E-state index contributed by atoms with van der Waals surface area (Å²) in [7, 11) is 0. The van der Waals surface area contributed by atoms with Crippen molar-refractivity contribution in [2.45, 2.75) is 32.0 Å². The van der Waals surface area contributed by atoms with Crippen LogP contribution in [0.4, 0.5) is 5.69 Å². The monoisotopic (exact) mass is 616 g/mol. The van der Waals surface area contributed by atoms with E-state index in [2.05, 4.69) is 5.10 Å². The fourth-order valence-electron chi connectivity index (χ4n) is 6.13. The van der Waals surface area contributed by atoms with Gasteiger partial charge in [-0.25, -0.2) is 4.68 Å². The number of hydrogen-bond acceptors (Lipinski definition) is 5. The predicted molar refractivity (Wildman–Crippen MR) is 177 cm³/mol. The molecule has 1 aliphatic rings. The zero-order valence-corrected chi connectivity index (χ0v) is 25.5. The molecule has 0 saturated heterocycles. The van der Waals surface area contributed by atoms with Gasteiger partial charge in [-0.2, -0.15) is 0 Å². The molecule has 6 rings (SSSR count). The third-order valence-electron chi connectivity index (χ3n) is 8.59. The standard InChI is InChI=1S/C37H36N4O5/c1-26(11-9-20-34(43)39(21-22-42)24-27-12-3-2-4-13-27)37(46)31-17-6-8-19-33(31)40(36(37)45)25-28-14-10-15-29(23-28)41-35(44)30-16-5-7-18-32(30)38-41/h2-19,23,26,38,42,46H,20-22,24-25H2,1H3/b11-9+/t26-,37+/m0/s1. The van der Waals surface area contributed by atoms with Gasteiger partial charge in [-0.15, -0.1) is 0 Å². The minimum atomic E-state index is -1.84. The van der Waals surface area contributed by atoms with Crippen LogP contribution >= 0.6 is 0 Å². The van der Waals surface area contributed by atoms with Crippen LogP contribution in [0.3, 0.4) is 0 Å². The van der Waals surface area contributed by atoms with E-state index in [1.165, 1.54) is 4.68 Å². The van der Waals surface area contributed by atoms with E-state index in [-0.39, 0.29) is 37.6 Å². The number of hydrogen-bond donors (Lipinski definition) is 3. The summed E-state index contributed by atoms with van der Waals surface area (Å²) < 4.78 is 1.49. The Morgan fingerprint density at radius 2 is 1.65 bits per heavy atom. The molecule has 9 nitrogen and oxygen atoms in total. The van der Waals surface area contributed by atoms with Crippen LogP contribution in [0.15, 0.2) is 120 Å². The van der Waals surface area contributed by atoms with Crippen LogP contribution in [0, 0.1) is 5.92 Å². The number of aromatic nitrogens is 2. The number of H-pyrrole nitrogens is 1. The topological polar surface area (TPSA) is 119 Å². The molecule has 9 heteroatoms. The molecule has 2 amide bonds. The molecular weight excluding hydrogens is 580 g/mol. The van der Waals surface area contributed by atoms with Crippen LogP contribution in [-0.2, 0) is 28.3 Å². The highest BCUT2D eigenvalue weighted by Gasteiger charge is 2.52. The molecule has 1 aliphatic heterocycles. The van der Waals surface area contributed by atoms with E-state index in [1.54, 1.807) is 47.1 Å². The molecule has 1 aromatic heterocycles. The summed E-state index contributed by atoms with van der Waals surface area (Å²) in [5.74, 6) is -1.27. The smallest absolute Gasteiger partial charge is 0.279 e. The Labute approximate surface area is 266 Å². The molecule has 0 fully saturated rings. The van der Waals surface area contributed by atoms with Crippen molar-refractivity contribution in [1.29, 1.82) is 0 Å². The van der Waals surface area contributed by atoms with Crippen molar-refractivity contribution >= 4 is 28.4 Å². The highest BCUT2D eigenvalue weighted by molar-refractivity contribution is 6.07. The van der Waals surface area contributed by atoms with Crippen LogP contribution in [0.25, 0.3) is 16.6 Å². The molecule has 0 aliphatic carbocycles. The van der Waals surface area contributed by atoms with Crippen LogP contribution in [0.1, 0.15) is 30.0 Å². The van der Waals surface area contributed by atoms with Crippen LogP contribution in [-0.4, -0.2) is 49.9 Å². The van der Waals surface area contributed by atoms with Crippen molar-refractivity contribution < 1.29 is 19.8 Å². The van der Waals surface area contributed by atoms with Gasteiger partial charge in [0.2, 0.25) is 5.91 Å². The molecular formula is C37H36N4O5. The maximum Gasteiger partial charge on any atom is 0.279 e. The molecule has 3 N–H and O–H groups in total. The fraction of sp³-hybridized carbons (Fsp3) is 0.216. The first kappa shape index (κ1) is 30.8. The third kappa shape index (κ3) is 5.78. The van der Waals surface area contributed by atoms with Gasteiger partial charge in [0.1, 0.15) is 0 Å². The average molecular weight is 617 g/mol. The summed E-state index contributed by atoms with van der Waals surface area (Å²) in [6, 6.07) is 31.5. The molecule has 2 heterocycles. The lowest BCUT2D eigenvalue weighted by Gasteiger charge is -2.28. The van der Waals surface area contributed by atoms with Crippen molar-refractivity contribution in [2.75, 3.05) is 18.1 Å². The summed E-state index contributed by atoms with van der Waals surface area (Å²) >= 11 is 0. The Bertz CT molecular complexity index is 1960. The molecule has 5 aromatic rings. The van der Waals surface area contributed by atoms with Crippen LogP contribution in [0.2, 0.25) is 0 Å². The normalized spacial score (nSPS) is 16.7. The number of amides is 2. The average Bonchev–Trinajstić information content (AvgIpc) is 3.53. The summed E-state index contributed by atoms with van der Waals surface area (Å²) in [5.41, 5.74) is 2.22. The Hall–Kier alpha value is -5.25. The third-order valence-corrected chi connectivity index (χ3v) is 8.59. The van der Waals surface area contributed by atoms with Gasteiger partial charge < -0.3 is 20.0 Å². The summed E-state index contributed by atoms with van der Waals surface area (Å²) in [6.07, 6.45) is 3.45. The fourth-order valence-corrected chi connectivity index (χ4v) is 6.13. The van der Waals surface area contributed by atoms with Crippen LogP contribution < -0.4 is 10.5 Å². The van der Waals surface area contributed by atoms with Gasteiger partial charge >= 0.3 is 0 Å². The van der Waals surface area contributed by atoms with Gasteiger partial charge in [0, 0.05) is 31.0 Å². The van der Waals surface area contributed by atoms with Gasteiger partial charge in [-0.05, 0) is 41.5 Å². The molecule has 0 saturated carbocycles. The van der Waals surface area contributed by atoms with Crippen molar-refractivity contribution in [3.63, 3.8) is 0 Å². The first-order chi connectivity index (χ1) is 22.3. The molecule has 0 unspecified atom stereocenters. The highest BCUT2D eigenvalue weighted by Crippen LogP contribution is 2.45. The Morgan fingerprint density at radius 1 is 0.935 bits per heavy atom. The van der Waals surface area contributed by atoms with Gasteiger partial charge in [-0.3, -0.25) is 19.5 Å². The number of aliphatic hydroxyl groups excluding tert-OH is 1. The largest absolute Gasteiger partial charge is 0.395 e. The number of fused-ring (bicyclic) bond motifs is 2. The summed E-state index contributed by atoms with van der Waals surface area (Å²) in [4.78, 5) is 43.3. The minimum absolute atomic E-state index is 0.0622. The van der Waals surface area contributed by atoms with Crippen molar-refractivity contribution in [3.05, 3.63) is 142 Å². The molecule has 0 spiro atoms. The zero-order valence-electron chi connectivity index (χ0n) is 25.5. The number of carbonyl (C=O) groups excluding carboxylic acids is 2. The Balaban J connectivity index is 1.20. The van der Waals surface area contributed by atoms with Crippen molar-refractivity contribution in [2.24, 2.45) is 5.92 Å². The van der Waals surface area contributed by atoms with E-state index in [4.69, 9.17) is 0 Å². The first-order valence-corrected chi connectivity index (χ1v) is 15.3. The predicted octanol–water partition coefficient (Wildman–Crippen LogP) is 4.66. The number of aromatic amines is 1. The Kier molecular flexibility index (Phi) is 8.70. The van der Waals surface area contributed by atoms with E-state index in [0.29, 0.717) is 28.9 Å².